The summed E-state index contributed by atoms with van der Waals surface area (Å²) in [4.78, 5) is 10.1. The number of carbonyl (C=O) groups is 1. The molecule has 0 amide bonds. The van der Waals surface area contributed by atoms with Gasteiger partial charge < -0.3 is 5.11 Å². The van der Waals surface area contributed by atoms with Gasteiger partial charge in [-0.2, -0.15) is 0 Å². The van der Waals surface area contributed by atoms with E-state index in [1.807, 2.05) is 0 Å². The summed E-state index contributed by atoms with van der Waals surface area (Å²) in [6, 6.07) is 0. The average molecular weight is 266 g/mol. The van der Waals surface area contributed by atoms with E-state index in [2.05, 4.69) is 26.9 Å². The molecule has 0 bridgehead atoms. The van der Waals surface area contributed by atoms with Crippen LogP contribution in [0.15, 0.2) is 0 Å². The summed E-state index contributed by atoms with van der Waals surface area (Å²) < 4.78 is 22.5. The minimum atomic E-state index is -0.812. The van der Waals surface area contributed by atoms with Gasteiger partial charge in [-0.1, -0.05) is 6.92 Å². The average Bonchev–Trinajstić information content (AvgIpc) is 2.33. The van der Waals surface area contributed by atoms with Gasteiger partial charge in [0, 0.05) is 17.1 Å². The molecule has 0 aromatic heterocycles. The van der Waals surface area contributed by atoms with Crippen molar-refractivity contribution in [2.24, 2.45) is 5.92 Å². The zero-order chi connectivity index (χ0) is 13.3. The van der Waals surface area contributed by atoms with E-state index in [9.17, 15) is 4.79 Å². The number of rotatable bonds is 4. The molecule has 0 rings (SSSR count). The first kappa shape index (κ1) is 29.5. The molecule has 6 heteroatoms. The molecule has 0 heterocycles. The molecule has 1 N–H and O–H groups in total. The fourth-order valence-corrected chi connectivity index (χ4v) is 0.328. The van der Waals surface area contributed by atoms with Crippen LogP contribution >= 0.6 is 0 Å². The van der Waals surface area contributed by atoms with Crippen molar-refractivity contribution in [1.82, 2.24) is 0 Å². The minimum Gasteiger partial charge on any atom is -0.481 e. The number of carboxylic acids is 1. The van der Waals surface area contributed by atoms with Crippen LogP contribution in [0.1, 0.15) is 6.92 Å². The van der Waals surface area contributed by atoms with Crippen molar-refractivity contribution in [3.05, 3.63) is 46.1 Å². The van der Waals surface area contributed by atoms with Crippen molar-refractivity contribution in [2.45, 2.75) is 6.92 Å². The summed E-state index contributed by atoms with van der Waals surface area (Å²) in [5, 5.41) is 8.32. The normalized spacial score (nSPS) is 7.75. The topological polar surface area (TPSA) is 97.0 Å². The Morgan fingerprint density at radius 2 is 1.56 bits per heavy atom. The third-order valence-corrected chi connectivity index (χ3v) is 0.925. The molecule has 0 aliphatic heterocycles. The summed E-state index contributed by atoms with van der Waals surface area (Å²) in [6.45, 7) is 18.5. The SMILES string of the molecule is [C-]#[O+].[C-]#[O+].[C-]#[O+].[CH2][CH][CH][CH][C@@H](C)C(=O)O.[Fe]. The van der Waals surface area contributed by atoms with Crippen molar-refractivity contribution in [1.29, 1.82) is 0 Å². The van der Waals surface area contributed by atoms with Gasteiger partial charge in [0.1, 0.15) is 0 Å². The van der Waals surface area contributed by atoms with E-state index in [-0.39, 0.29) is 17.1 Å². The van der Waals surface area contributed by atoms with E-state index in [1.54, 1.807) is 26.2 Å². The summed E-state index contributed by atoms with van der Waals surface area (Å²) in [5.74, 6) is -1.23. The van der Waals surface area contributed by atoms with Gasteiger partial charge in [0.15, 0.2) is 0 Å². The summed E-state index contributed by atoms with van der Waals surface area (Å²) in [6.07, 6.45) is 4.76. The van der Waals surface area contributed by atoms with Gasteiger partial charge in [-0.3, -0.25) is 4.79 Å². The van der Waals surface area contributed by atoms with Gasteiger partial charge in [0.05, 0.1) is 5.92 Å². The number of hydrogen-bond donors (Lipinski definition) is 1. The Bertz CT molecular complexity index is 171. The predicted molar refractivity (Wildman–Crippen MR) is 46.8 cm³/mol. The van der Waals surface area contributed by atoms with Crippen molar-refractivity contribution < 1.29 is 40.9 Å². The Balaban J connectivity index is -0.0000000498. The molecule has 0 aliphatic carbocycles. The van der Waals surface area contributed by atoms with Crippen LogP contribution < -0.4 is 0 Å². The second-order valence-electron chi connectivity index (χ2n) is 1.75. The van der Waals surface area contributed by atoms with Gasteiger partial charge >= 0.3 is 39.9 Å². The van der Waals surface area contributed by atoms with Crippen LogP contribution in [0.4, 0.5) is 0 Å². The number of hydrogen-bond acceptors (Lipinski definition) is 1. The monoisotopic (exact) mass is 266 g/mol. The number of unbranched alkanes of at least 4 members (excludes halogenated alkanes) is 1. The van der Waals surface area contributed by atoms with Crippen LogP contribution in [0.5, 0.6) is 0 Å². The van der Waals surface area contributed by atoms with Crippen molar-refractivity contribution >= 4 is 5.97 Å². The van der Waals surface area contributed by atoms with Crippen molar-refractivity contribution in [3.8, 4) is 0 Å². The third-order valence-electron chi connectivity index (χ3n) is 0.925. The van der Waals surface area contributed by atoms with Crippen molar-refractivity contribution in [2.75, 3.05) is 0 Å². The van der Waals surface area contributed by atoms with Gasteiger partial charge in [-0.05, 0) is 26.2 Å². The number of aliphatic carboxylic acids is 1. The van der Waals surface area contributed by atoms with Gasteiger partial charge in [-0.15, -0.1) is 0 Å². The van der Waals surface area contributed by atoms with Gasteiger partial charge in [0.2, 0.25) is 0 Å². The second-order valence-corrected chi connectivity index (χ2v) is 1.75. The smallest absolute Gasteiger partial charge is 0.306 e. The molecule has 0 saturated heterocycles. The summed E-state index contributed by atoms with van der Waals surface area (Å²) in [7, 11) is 0. The molecule has 88 valence electrons. The number of carboxylic acid groups (broad SMARTS) is 1. The van der Waals surface area contributed by atoms with E-state index in [0.29, 0.717) is 0 Å². The Kier molecular flexibility index (Phi) is 67.7. The van der Waals surface area contributed by atoms with Crippen LogP contribution in [-0.2, 0) is 35.8 Å². The molecule has 0 aromatic carbocycles. The molecule has 0 spiro atoms. The van der Waals surface area contributed by atoms with Crippen LogP contribution in [0.3, 0.4) is 0 Å². The van der Waals surface area contributed by atoms with Crippen LogP contribution in [0.25, 0.3) is 0 Å². The molecule has 0 fully saturated rings. The zero-order valence-electron chi connectivity index (χ0n) is 8.45. The molecule has 4 radical (unpaired) electrons. The van der Waals surface area contributed by atoms with Crippen LogP contribution in [-0.4, -0.2) is 11.1 Å². The maximum Gasteiger partial charge on any atom is 0.306 e. The van der Waals surface area contributed by atoms with E-state index < -0.39 is 11.9 Å². The molecule has 0 unspecified atom stereocenters. The maximum absolute atomic E-state index is 10.1. The fraction of sp³-hybridized carbons (Fsp3) is 0.200. The molecule has 0 saturated carbocycles. The van der Waals surface area contributed by atoms with E-state index in [1.165, 1.54) is 0 Å². The second kappa shape index (κ2) is 36.8. The standard InChI is InChI=1S/C7H10O2.3CO.Fe/c1-3-4-5-6(2)7(8)9;3*1-2;/h3-6H,1H2,2H3,(H,8,9);;;;/t6-;;;;/m1..../s1. The predicted octanol–water partition coefficient (Wildman–Crippen LogP) is 1.04. The molecule has 0 aliphatic rings. The van der Waals surface area contributed by atoms with Crippen LogP contribution in [0, 0.1) is 52.1 Å². The van der Waals surface area contributed by atoms with Crippen molar-refractivity contribution in [3.63, 3.8) is 0 Å². The Morgan fingerprint density at radius 3 is 1.75 bits per heavy atom. The molecule has 5 nitrogen and oxygen atoms in total. The molecular formula is C10H10FeO5. The Labute approximate surface area is 106 Å². The fourth-order valence-electron chi connectivity index (χ4n) is 0.328. The summed E-state index contributed by atoms with van der Waals surface area (Å²) >= 11 is 0. The van der Waals surface area contributed by atoms with Gasteiger partial charge in [0.25, 0.3) is 0 Å². The first-order valence-electron chi connectivity index (χ1n) is 3.31. The van der Waals surface area contributed by atoms with E-state index in [4.69, 9.17) is 19.1 Å². The van der Waals surface area contributed by atoms with E-state index in [0.717, 1.165) is 0 Å². The Hall–Kier alpha value is -0.791. The molecule has 1 atom stereocenters. The molecule has 0 aromatic rings. The maximum atomic E-state index is 10.1. The van der Waals surface area contributed by atoms with Gasteiger partial charge in [-0.25, -0.2) is 0 Å². The minimum absolute atomic E-state index is 0. The van der Waals surface area contributed by atoms with Crippen LogP contribution in [0.2, 0.25) is 0 Å². The Morgan fingerprint density at radius 1 is 1.25 bits per heavy atom. The summed E-state index contributed by atoms with van der Waals surface area (Å²) in [5.41, 5.74) is 0. The first-order valence-corrected chi connectivity index (χ1v) is 3.31. The first-order chi connectivity index (χ1) is 7.18. The third kappa shape index (κ3) is 37.9. The molecular weight excluding hydrogens is 256 g/mol. The quantitative estimate of drug-likeness (QED) is 0.467. The zero-order valence-corrected chi connectivity index (χ0v) is 9.55. The molecule has 16 heavy (non-hydrogen) atoms. The van der Waals surface area contributed by atoms with E-state index >= 15 is 0 Å². The largest absolute Gasteiger partial charge is 0.481 e.